The second-order valence-electron chi connectivity index (χ2n) is 11.8. The highest BCUT2D eigenvalue weighted by Gasteiger charge is 2.35. The number of esters is 2. The highest BCUT2D eigenvalue weighted by atomic mass is 16.7. The Bertz CT molecular complexity index is 1490. The van der Waals surface area contributed by atoms with Crippen LogP contribution in [0.4, 0.5) is 10.5 Å². The molecule has 0 aromatic heterocycles. The Morgan fingerprint density at radius 2 is 1.67 bits per heavy atom. The third-order valence-corrected chi connectivity index (χ3v) is 7.36. The Hall–Kier alpha value is -4.97. The number of amides is 2. The van der Waals surface area contributed by atoms with Crippen LogP contribution in [0.5, 0.6) is 0 Å². The van der Waals surface area contributed by atoms with E-state index in [9.17, 15) is 19.2 Å². The van der Waals surface area contributed by atoms with Crippen molar-refractivity contribution < 1.29 is 38.1 Å². The highest BCUT2D eigenvalue weighted by molar-refractivity contribution is 6.29. The molecule has 0 atom stereocenters. The average molecular weight is 633 g/mol. The molecular formula is C34H40N4O8. The summed E-state index contributed by atoms with van der Waals surface area (Å²) in [5.41, 5.74) is 3.58. The summed E-state index contributed by atoms with van der Waals surface area (Å²) in [4.78, 5) is 53.6. The van der Waals surface area contributed by atoms with Crippen LogP contribution in [0.3, 0.4) is 0 Å². The van der Waals surface area contributed by atoms with E-state index in [2.05, 4.69) is 16.8 Å². The molecule has 1 saturated heterocycles. The van der Waals surface area contributed by atoms with Crippen LogP contribution in [-0.2, 0) is 39.8 Å². The lowest BCUT2D eigenvalue weighted by molar-refractivity contribution is -0.173. The van der Waals surface area contributed by atoms with Gasteiger partial charge in [0.05, 0.1) is 30.7 Å². The van der Waals surface area contributed by atoms with Crippen molar-refractivity contribution in [3.63, 3.8) is 0 Å². The molecule has 4 rings (SSSR count). The van der Waals surface area contributed by atoms with Crippen molar-refractivity contribution in [2.75, 3.05) is 51.1 Å². The number of nitrogens with one attached hydrogen (secondary N) is 2. The van der Waals surface area contributed by atoms with Crippen LogP contribution in [0.2, 0.25) is 0 Å². The molecule has 46 heavy (non-hydrogen) atoms. The molecule has 0 bridgehead atoms. The lowest BCUT2D eigenvalue weighted by Crippen LogP contribution is -2.37. The monoisotopic (exact) mass is 632 g/mol. The molecule has 0 aliphatic carbocycles. The SMILES string of the molecule is C=CCOC(=O)NC(=N)c1ccc(N2CC(N3CCOCC3)=C(c3ccc(CCC(=O)OCOC(=O)C(C)(C)C)cc3)C2=O)cc1. The molecule has 1 fully saturated rings. The number of aryl methyl sites for hydroxylation is 1. The summed E-state index contributed by atoms with van der Waals surface area (Å²) in [6, 6.07) is 14.3. The minimum Gasteiger partial charge on any atom is -0.445 e. The number of ether oxygens (including phenoxy) is 4. The highest BCUT2D eigenvalue weighted by Crippen LogP contribution is 2.34. The third kappa shape index (κ3) is 8.81. The van der Waals surface area contributed by atoms with Crippen molar-refractivity contribution in [3.8, 4) is 0 Å². The van der Waals surface area contributed by atoms with Gasteiger partial charge in [0.1, 0.15) is 12.4 Å². The van der Waals surface area contributed by atoms with E-state index in [0.29, 0.717) is 56.1 Å². The molecular weight excluding hydrogens is 592 g/mol. The number of hydrogen-bond donors (Lipinski definition) is 2. The second kappa shape index (κ2) is 15.3. The number of anilines is 1. The number of amidine groups is 1. The smallest absolute Gasteiger partial charge is 0.413 e. The fourth-order valence-electron chi connectivity index (χ4n) is 4.82. The van der Waals surface area contributed by atoms with Gasteiger partial charge in [-0.05, 0) is 62.6 Å². The first-order valence-electron chi connectivity index (χ1n) is 15.0. The number of benzene rings is 2. The van der Waals surface area contributed by atoms with Crippen molar-refractivity contribution >= 4 is 41.0 Å². The maximum Gasteiger partial charge on any atom is 0.413 e. The first-order valence-corrected chi connectivity index (χ1v) is 15.0. The van der Waals surface area contributed by atoms with Crippen LogP contribution in [0.1, 0.15) is 43.9 Å². The van der Waals surface area contributed by atoms with Gasteiger partial charge >= 0.3 is 18.0 Å². The van der Waals surface area contributed by atoms with E-state index in [0.717, 1.165) is 16.8 Å². The van der Waals surface area contributed by atoms with Crippen LogP contribution in [0.15, 0.2) is 66.9 Å². The van der Waals surface area contributed by atoms with Crippen molar-refractivity contribution in [2.24, 2.45) is 5.41 Å². The lowest BCUT2D eigenvalue weighted by Gasteiger charge is -2.30. The van der Waals surface area contributed by atoms with E-state index in [1.165, 1.54) is 6.08 Å². The maximum absolute atomic E-state index is 13.9. The molecule has 2 aromatic carbocycles. The summed E-state index contributed by atoms with van der Waals surface area (Å²) in [7, 11) is 0. The first kappa shape index (κ1) is 33.9. The van der Waals surface area contributed by atoms with Crippen LogP contribution in [0.25, 0.3) is 5.57 Å². The molecule has 2 aliphatic rings. The zero-order valence-electron chi connectivity index (χ0n) is 26.4. The Morgan fingerprint density at radius 1 is 1.00 bits per heavy atom. The molecule has 2 aliphatic heterocycles. The van der Waals surface area contributed by atoms with E-state index >= 15 is 0 Å². The number of morpholine rings is 1. The van der Waals surface area contributed by atoms with Gasteiger partial charge < -0.3 is 28.7 Å². The van der Waals surface area contributed by atoms with Crippen LogP contribution >= 0.6 is 0 Å². The van der Waals surface area contributed by atoms with Gasteiger partial charge in [-0.25, -0.2) is 4.79 Å². The van der Waals surface area contributed by atoms with Crippen molar-refractivity contribution in [1.82, 2.24) is 10.2 Å². The van der Waals surface area contributed by atoms with E-state index in [1.807, 2.05) is 24.3 Å². The molecule has 0 spiro atoms. The zero-order chi connectivity index (χ0) is 33.3. The summed E-state index contributed by atoms with van der Waals surface area (Å²) >= 11 is 0. The Morgan fingerprint density at radius 3 is 2.30 bits per heavy atom. The summed E-state index contributed by atoms with van der Waals surface area (Å²) in [5.74, 6) is -1.21. The fraction of sp³-hybridized carbons (Fsp3) is 0.382. The molecule has 244 valence electrons. The van der Waals surface area contributed by atoms with Gasteiger partial charge in [0.25, 0.3) is 5.91 Å². The number of hydrogen-bond acceptors (Lipinski definition) is 10. The van der Waals surface area contributed by atoms with Crippen LogP contribution < -0.4 is 10.2 Å². The quantitative estimate of drug-likeness (QED) is 0.123. The number of nitrogens with zero attached hydrogens (tertiary/aromatic N) is 2. The molecule has 2 N–H and O–H groups in total. The minimum atomic E-state index is -0.752. The fourth-order valence-corrected chi connectivity index (χ4v) is 4.82. The van der Waals surface area contributed by atoms with Crippen molar-refractivity contribution in [1.29, 1.82) is 5.41 Å². The number of alkyl carbamates (subject to hydrolysis) is 1. The number of rotatable bonds is 11. The van der Waals surface area contributed by atoms with Gasteiger partial charge in [-0.15, -0.1) is 0 Å². The van der Waals surface area contributed by atoms with Gasteiger partial charge in [0, 0.05) is 36.5 Å². The molecule has 0 unspecified atom stereocenters. The predicted molar refractivity (Wildman–Crippen MR) is 171 cm³/mol. The normalized spacial score (nSPS) is 15.0. The van der Waals surface area contributed by atoms with Gasteiger partial charge in [-0.1, -0.05) is 36.9 Å². The summed E-state index contributed by atoms with van der Waals surface area (Å²) in [6.07, 6.45) is 1.21. The Kier molecular flexibility index (Phi) is 11.3. The Balaban J connectivity index is 1.43. The van der Waals surface area contributed by atoms with Gasteiger partial charge in [-0.3, -0.25) is 25.1 Å². The Labute approximate surface area is 268 Å². The zero-order valence-corrected chi connectivity index (χ0v) is 26.4. The number of carbonyl (C=O) groups is 4. The number of carbonyl (C=O) groups excluding carboxylic acids is 4. The van der Waals surface area contributed by atoms with E-state index in [1.54, 1.807) is 49.9 Å². The molecule has 0 radical (unpaired) electrons. The minimum absolute atomic E-state index is 0.0329. The molecule has 12 nitrogen and oxygen atoms in total. The van der Waals surface area contributed by atoms with Gasteiger partial charge in [0.15, 0.2) is 0 Å². The average Bonchev–Trinajstić information content (AvgIpc) is 3.39. The molecule has 2 heterocycles. The lowest BCUT2D eigenvalue weighted by atomic mass is 9.98. The summed E-state index contributed by atoms with van der Waals surface area (Å²) < 4.78 is 20.4. The summed E-state index contributed by atoms with van der Waals surface area (Å²) in [6.45, 7) is 11.1. The van der Waals surface area contributed by atoms with Gasteiger partial charge in [0.2, 0.25) is 6.79 Å². The van der Waals surface area contributed by atoms with E-state index in [-0.39, 0.29) is 24.8 Å². The van der Waals surface area contributed by atoms with Crippen LogP contribution in [-0.4, -0.2) is 80.9 Å². The molecule has 0 saturated carbocycles. The summed E-state index contributed by atoms with van der Waals surface area (Å²) in [5, 5.41) is 10.5. The van der Waals surface area contributed by atoms with E-state index in [4.69, 9.17) is 24.4 Å². The standard InChI is InChI=1S/C34H40N4O8/c1-5-18-44-33(42)36-30(35)25-11-13-26(14-12-25)38-21-27(37-16-19-43-20-17-37)29(31(38)40)24-9-6-23(7-10-24)8-15-28(39)45-22-46-32(41)34(2,3)4/h5-7,9-14H,1,8,15-22H2,2-4H3,(H2,35,36,42). The van der Waals surface area contributed by atoms with Crippen molar-refractivity contribution in [2.45, 2.75) is 33.6 Å². The first-order chi connectivity index (χ1) is 22.0. The molecule has 12 heteroatoms. The van der Waals surface area contributed by atoms with Crippen LogP contribution in [0, 0.1) is 10.8 Å². The molecule has 2 aromatic rings. The second-order valence-corrected chi connectivity index (χ2v) is 11.8. The topological polar surface area (TPSA) is 148 Å². The van der Waals surface area contributed by atoms with E-state index < -0.39 is 30.2 Å². The van der Waals surface area contributed by atoms with Gasteiger partial charge in [-0.2, -0.15) is 0 Å². The maximum atomic E-state index is 13.9. The predicted octanol–water partition coefficient (Wildman–Crippen LogP) is 4.04. The third-order valence-electron chi connectivity index (χ3n) is 7.36. The van der Waals surface area contributed by atoms with Crippen molar-refractivity contribution in [3.05, 3.63) is 83.6 Å². The molecule has 2 amide bonds. The largest absolute Gasteiger partial charge is 0.445 e.